The molecule has 3 nitrogen and oxygen atoms in total. The SMILES string of the molecule is COc1cccc(C(C)N(CC2CCCCN2)C(C)C)c1. The van der Waals surface area contributed by atoms with Gasteiger partial charge in [0.25, 0.3) is 0 Å². The van der Waals surface area contributed by atoms with Gasteiger partial charge in [-0.05, 0) is 57.9 Å². The first-order chi connectivity index (χ1) is 10.1. The summed E-state index contributed by atoms with van der Waals surface area (Å²) in [7, 11) is 1.73. The van der Waals surface area contributed by atoms with Crippen molar-refractivity contribution in [3.63, 3.8) is 0 Å². The summed E-state index contributed by atoms with van der Waals surface area (Å²) in [4.78, 5) is 2.60. The van der Waals surface area contributed by atoms with Crippen LogP contribution in [0.15, 0.2) is 24.3 Å². The van der Waals surface area contributed by atoms with Crippen LogP contribution in [0.4, 0.5) is 0 Å². The Bertz CT molecular complexity index is 427. The standard InChI is InChI=1S/C18H30N2O/c1-14(2)20(13-17-9-5-6-11-19-17)15(3)16-8-7-10-18(12-16)21-4/h7-8,10,12,14-15,17,19H,5-6,9,11,13H2,1-4H3. The van der Waals surface area contributed by atoms with Crippen molar-refractivity contribution in [2.24, 2.45) is 0 Å². The van der Waals surface area contributed by atoms with Crippen LogP contribution in [0.3, 0.4) is 0 Å². The number of nitrogens with zero attached hydrogens (tertiary/aromatic N) is 1. The quantitative estimate of drug-likeness (QED) is 0.866. The molecule has 1 aromatic rings. The molecule has 0 amide bonds. The van der Waals surface area contributed by atoms with Gasteiger partial charge in [-0.3, -0.25) is 4.90 Å². The number of nitrogens with one attached hydrogen (secondary N) is 1. The van der Waals surface area contributed by atoms with E-state index in [0.717, 1.165) is 12.3 Å². The normalized spacial score (nSPS) is 20.8. The summed E-state index contributed by atoms with van der Waals surface area (Å²) in [5.74, 6) is 0.943. The molecule has 1 N–H and O–H groups in total. The molecule has 0 radical (unpaired) electrons. The second-order valence-electron chi connectivity index (χ2n) is 6.39. The first-order valence-electron chi connectivity index (χ1n) is 8.25. The summed E-state index contributed by atoms with van der Waals surface area (Å²) >= 11 is 0. The summed E-state index contributed by atoms with van der Waals surface area (Å²) in [6.07, 6.45) is 3.98. The molecular weight excluding hydrogens is 260 g/mol. The average molecular weight is 290 g/mol. The molecule has 3 heteroatoms. The molecule has 1 fully saturated rings. The largest absolute Gasteiger partial charge is 0.497 e. The smallest absolute Gasteiger partial charge is 0.119 e. The number of hydrogen-bond acceptors (Lipinski definition) is 3. The van der Waals surface area contributed by atoms with Gasteiger partial charge in [0.1, 0.15) is 5.75 Å². The molecule has 1 aromatic carbocycles. The molecule has 0 spiro atoms. The topological polar surface area (TPSA) is 24.5 Å². The third-order valence-electron chi connectivity index (χ3n) is 4.58. The van der Waals surface area contributed by atoms with E-state index in [1.54, 1.807) is 7.11 Å². The van der Waals surface area contributed by atoms with Crippen molar-refractivity contribution in [1.82, 2.24) is 10.2 Å². The Hall–Kier alpha value is -1.06. The lowest BCUT2D eigenvalue weighted by molar-refractivity contribution is 0.137. The van der Waals surface area contributed by atoms with Gasteiger partial charge in [-0.25, -0.2) is 0 Å². The van der Waals surface area contributed by atoms with E-state index in [2.05, 4.69) is 49.2 Å². The maximum atomic E-state index is 5.36. The van der Waals surface area contributed by atoms with Crippen molar-refractivity contribution in [1.29, 1.82) is 0 Å². The predicted molar refractivity (Wildman–Crippen MR) is 88.9 cm³/mol. The second-order valence-corrected chi connectivity index (χ2v) is 6.39. The average Bonchev–Trinajstić information content (AvgIpc) is 2.52. The molecule has 1 heterocycles. The summed E-state index contributed by atoms with van der Waals surface area (Å²) in [6.45, 7) is 9.18. The van der Waals surface area contributed by atoms with Crippen LogP contribution in [0.2, 0.25) is 0 Å². The van der Waals surface area contributed by atoms with E-state index in [-0.39, 0.29) is 0 Å². The van der Waals surface area contributed by atoms with Crippen LogP contribution in [0.1, 0.15) is 51.6 Å². The monoisotopic (exact) mass is 290 g/mol. The number of rotatable bonds is 6. The zero-order valence-electron chi connectivity index (χ0n) is 13.9. The maximum absolute atomic E-state index is 5.36. The lowest BCUT2D eigenvalue weighted by Gasteiger charge is -2.37. The zero-order chi connectivity index (χ0) is 15.2. The van der Waals surface area contributed by atoms with Crippen LogP contribution in [0.5, 0.6) is 5.75 Å². The van der Waals surface area contributed by atoms with E-state index in [9.17, 15) is 0 Å². The highest BCUT2D eigenvalue weighted by atomic mass is 16.5. The van der Waals surface area contributed by atoms with Crippen LogP contribution < -0.4 is 10.1 Å². The molecule has 2 unspecified atom stereocenters. The van der Waals surface area contributed by atoms with Crippen LogP contribution >= 0.6 is 0 Å². The van der Waals surface area contributed by atoms with Gasteiger partial charge in [-0.2, -0.15) is 0 Å². The molecule has 2 rings (SSSR count). The van der Waals surface area contributed by atoms with Crippen LogP contribution in [-0.4, -0.2) is 37.2 Å². The minimum Gasteiger partial charge on any atom is -0.497 e. The Morgan fingerprint density at radius 1 is 1.29 bits per heavy atom. The van der Waals surface area contributed by atoms with Crippen molar-refractivity contribution in [2.45, 2.75) is 58.2 Å². The van der Waals surface area contributed by atoms with Crippen LogP contribution in [-0.2, 0) is 0 Å². The fourth-order valence-electron chi connectivity index (χ4n) is 3.24. The Morgan fingerprint density at radius 3 is 2.71 bits per heavy atom. The molecule has 1 aliphatic rings. The third-order valence-corrected chi connectivity index (χ3v) is 4.58. The van der Waals surface area contributed by atoms with Gasteiger partial charge in [-0.1, -0.05) is 18.6 Å². The van der Waals surface area contributed by atoms with Crippen molar-refractivity contribution in [3.8, 4) is 5.75 Å². The molecule has 1 saturated heterocycles. The summed E-state index contributed by atoms with van der Waals surface area (Å²) in [5, 5.41) is 3.67. The Labute approximate surface area is 129 Å². The summed E-state index contributed by atoms with van der Waals surface area (Å²) in [6, 6.07) is 10.0. The number of hydrogen-bond donors (Lipinski definition) is 1. The lowest BCUT2D eigenvalue weighted by Crippen LogP contribution is -2.46. The highest BCUT2D eigenvalue weighted by Gasteiger charge is 2.23. The fourth-order valence-corrected chi connectivity index (χ4v) is 3.24. The van der Waals surface area contributed by atoms with Crippen molar-refractivity contribution < 1.29 is 4.74 Å². The van der Waals surface area contributed by atoms with E-state index in [1.807, 2.05) is 6.07 Å². The van der Waals surface area contributed by atoms with Gasteiger partial charge in [0.05, 0.1) is 7.11 Å². The Kier molecular flexibility index (Phi) is 6.07. The van der Waals surface area contributed by atoms with Crippen molar-refractivity contribution in [2.75, 3.05) is 20.2 Å². The molecule has 1 aliphatic heterocycles. The van der Waals surface area contributed by atoms with Crippen molar-refractivity contribution >= 4 is 0 Å². The van der Waals surface area contributed by atoms with Gasteiger partial charge in [0, 0.05) is 24.7 Å². The predicted octanol–water partition coefficient (Wildman–Crippen LogP) is 3.61. The summed E-state index contributed by atoms with van der Waals surface area (Å²) < 4.78 is 5.36. The summed E-state index contributed by atoms with van der Waals surface area (Å²) in [5.41, 5.74) is 1.33. The molecule has 118 valence electrons. The van der Waals surface area contributed by atoms with E-state index in [1.165, 1.54) is 31.4 Å². The van der Waals surface area contributed by atoms with Crippen LogP contribution in [0.25, 0.3) is 0 Å². The van der Waals surface area contributed by atoms with Gasteiger partial charge in [-0.15, -0.1) is 0 Å². The van der Waals surface area contributed by atoms with E-state index < -0.39 is 0 Å². The Balaban J connectivity index is 2.08. The van der Waals surface area contributed by atoms with E-state index >= 15 is 0 Å². The molecular formula is C18H30N2O. The first kappa shape index (κ1) is 16.3. The molecule has 0 saturated carbocycles. The number of benzene rings is 1. The number of ether oxygens (including phenoxy) is 1. The highest BCUT2D eigenvalue weighted by Crippen LogP contribution is 2.26. The Morgan fingerprint density at radius 2 is 2.10 bits per heavy atom. The fraction of sp³-hybridized carbons (Fsp3) is 0.667. The minimum absolute atomic E-state index is 0.406. The van der Waals surface area contributed by atoms with Gasteiger partial charge < -0.3 is 10.1 Å². The third kappa shape index (κ3) is 4.45. The number of methoxy groups -OCH3 is 1. The minimum atomic E-state index is 0.406. The second kappa shape index (κ2) is 7.81. The van der Waals surface area contributed by atoms with Gasteiger partial charge >= 0.3 is 0 Å². The molecule has 2 atom stereocenters. The highest BCUT2D eigenvalue weighted by molar-refractivity contribution is 5.30. The first-order valence-corrected chi connectivity index (χ1v) is 8.25. The molecule has 0 aromatic heterocycles. The number of piperidine rings is 1. The van der Waals surface area contributed by atoms with E-state index in [4.69, 9.17) is 4.74 Å². The van der Waals surface area contributed by atoms with Gasteiger partial charge in [0.15, 0.2) is 0 Å². The molecule has 0 aliphatic carbocycles. The van der Waals surface area contributed by atoms with E-state index in [0.29, 0.717) is 18.1 Å². The van der Waals surface area contributed by atoms with Crippen LogP contribution in [0, 0.1) is 0 Å². The van der Waals surface area contributed by atoms with Gasteiger partial charge in [0.2, 0.25) is 0 Å². The maximum Gasteiger partial charge on any atom is 0.119 e. The lowest BCUT2D eigenvalue weighted by atomic mass is 10.0. The molecule has 0 bridgehead atoms. The molecule has 21 heavy (non-hydrogen) atoms. The zero-order valence-corrected chi connectivity index (χ0v) is 13.9. The van der Waals surface area contributed by atoms with Crippen molar-refractivity contribution in [3.05, 3.63) is 29.8 Å².